The van der Waals surface area contributed by atoms with Gasteiger partial charge in [0.05, 0.1) is 29.9 Å². The molecule has 2 amide bonds. The van der Waals surface area contributed by atoms with Gasteiger partial charge in [-0.3, -0.25) is 19.2 Å². The maximum absolute atomic E-state index is 13.4. The summed E-state index contributed by atoms with van der Waals surface area (Å²) in [6, 6.07) is 15.0. The van der Waals surface area contributed by atoms with Gasteiger partial charge in [0.15, 0.2) is 0 Å². The number of likely N-dealkylation sites (tertiary alicyclic amines) is 1. The van der Waals surface area contributed by atoms with Gasteiger partial charge in [0.25, 0.3) is 5.91 Å². The molecular formula is C29H38N4O6S. The minimum absolute atomic E-state index is 0.0152. The molecule has 3 aliphatic heterocycles. The van der Waals surface area contributed by atoms with Gasteiger partial charge in [-0.1, -0.05) is 30.3 Å². The highest BCUT2D eigenvalue weighted by Gasteiger charge is 2.39. The zero-order chi connectivity index (χ0) is 28.3. The maximum atomic E-state index is 13.4. The molecule has 2 fully saturated rings. The first-order chi connectivity index (χ1) is 19.2. The molecule has 2 aromatic rings. The summed E-state index contributed by atoms with van der Waals surface area (Å²) in [5, 5.41) is 3.19. The van der Waals surface area contributed by atoms with E-state index in [9.17, 15) is 18.0 Å². The van der Waals surface area contributed by atoms with Gasteiger partial charge in [0.2, 0.25) is 15.9 Å². The van der Waals surface area contributed by atoms with Gasteiger partial charge in [0, 0.05) is 38.4 Å². The molecule has 0 spiro atoms. The number of hydrogen-bond acceptors (Lipinski definition) is 7. The number of hydrogen-bond donors (Lipinski definition) is 2. The molecule has 11 heteroatoms. The van der Waals surface area contributed by atoms with Crippen LogP contribution in [0, 0.1) is 0 Å². The van der Waals surface area contributed by atoms with Crippen molar-refractivity contribution in [1.82, 2.24) is 15.1 Å². The lowest BCUT2D eigenvalue weighted by atomic mass is 9.94. The predicted molar refractivity (Wildman–Crippen MR) is 152 cm³/mol. The van der Waals surface area contributed by atoms with Crippen LogP contribution >= 0.6 is 0 Å². The van der Waals surface area contributed by atoms with Gasteiger partial charge in [-0.15, -0.1) is 0 Å². The van der Waals surface area contributed by atoms with E-state index in [-0.39, 0.29) is 54.9 Å². The van der Waals surface area contributed by atoms with Crippen LogP contribution in [-0.4, -0.2) is 86.8 Å². The van der Waals surface area contributed by atoms with E-state index in [4.69, 9.17) is 9.47 Å². The molecule has 5 rings (SSSR count). The number of carbonyl (C=O) groups excluding carboxylic acids is 2. The van der Waals surface area contributed by atoms with Crippen LogP contribution in [0.2, 0.25) is 0 Å². The van der Waals surface area contributed by atoms with E-state index in [1.165, 1.54) is 11.6 Å². The lowest BCUT2D eigenvalue weighted by Gasteiger charge is -2.42. The second-order valence-electron chi connectivity index (χ2n) is 10.9. The molecule has 216 valence electrons. The summed E-state index contributed by atoms with van der Waals surface area (Å²) in [5.41, 5.74) is 1.89. The normalized spacial score (nSPS) is 25.2. The molecule has 0 bridgehead atoms. The molecule has 0 unspecified atom stereocenters. The van der Waals surface area contributed by atoms with Gasteiger partial charge >= 0.3 is 0 Å². The Morgan fingerprint density at radius 2 is 1.90 bits per heavy atom. The van der Waals surface area contributed by atoms with Gasteiger partial charge in [-0.25, -0.2) is 8.42 Å². The van der Waals surface area contributed by atoms with E-state index >= 15 is 0 Å². The van der Waals surface area contributed by atoms with Crippen molar-refractivity contribution in [3.8, 4) is 5.75 Å². The quantitative estimate of drug-likeness (QED) is 0.501. The van der Waals surface area contributed by atoms with Crippen LogP contribution in [0.1, 0.15) is 48.5 Å². The second kappa shape index (κ2) is 12.2. The van der Waals surface area contributed by atoms with Crippen molar-refractivity contribution >= 4 is 27.5 Å². The number of ether oxygens (including phenoxy) is 2. The largest absolute Gasteiger partial charge is 0.490 e. The predicted octanol–water partition coefficient (Wildman–Crippen LogP) is 2.61. The van der Waals surface area contributed by atoms with Crippen LogP contribution in [0.15, 0.2) is 48.5 Å². The number of fused-ring (bicyclic) bond motifs is 2. The molecule has 3 aliphatic rings. The SMILES string of the molecule is CCS(=O)(=O)Nc1ccc2c(c1)C(=O)N(C)[C@@H]1CC[C@H](CC(=O)N[C@@H]3CCN(Cc4ccccc4)C3)O[C@H]1CO2. The van der Waals surface area contributed by atoms with Crippen molar-refractivity contribution in [2.24, 2.45) is 0 Å². The second-order valence-corrected chi connectivity index (χ2v) is 12.9. The third kappa shape index (κ3) is 6.76. The molecule has 0 radical (unpaired) electrons. The van der Waals surface area contributed by atoms with Crippen molar-refractivity contribution in [3.05, 3.63) is 59.7 Å². The number of sulfonamides is 1. The highest BCUT2D eigenvalue weighted by atomic mass is 32.2. The molecule has 0 aliphatic carbocycles. The monoisotopic (exact) mass is 570 g/mol. The van der Waals surface area contributed by atoms with Crippen molar-refractivity contribution < 1.29 is 27.5 Å². The van der Waals surface area contributed by atoms with Crippen molar-refractivity contribution in [2.45, 2.75) is 63.4 Å². The third-order valence-electron chi connectivity index (χ3n) is 7.96. The average molecular weight is 571 g/mol. The standard InChI is InChI=1S/C29H38N4O6S/c1-3-40(36,37)31-21-9-12-26-24(15-21)29(35)32(2)25-11-10-23(39-27(25)19-38-26)16-28(34)30-22-13-14-33(18-22)17-20-7-5-4-6-8-20/h4-9,12,15,22-23,25,27,31H,3,10-11,13-14,16-19H2,1-2H3,(H,30,34)/t22-,23-,25-,27+/m1/s1. The van der Waals surface area contributed by atoms with Gasteiger partial charge < -0.3 is 19.7 Å². The van der Waals surface area contributed by atoms with Gasteiger partial charge in [-0.2, -0.15) is 0 Å². The molecule has 2 saturated heterocycles. The summed E-state index contributed by atoms with van der Waals surface area (Å²) in [6.07, 6.45) is 1.91. The fourth-order valence-electron chi connectivity index (χ4n) is 5.77. The zero-order valence-electron chi connectivity index (χ0n) is 23.0. The minimum Gasteiger partial charge on any atom is -0.490 e. The Morgan fingerprint density at radius 1 is 1.10 bits per heavy atom. The lowest BCUT2D eigenvalue weighted by molar-refractivity contribution is -0.134. The summed E-state index contributed by atoms with van der Waals surface area (Å²) >= 11 is 0. The number of carbonyl (C=O) groups is 2. The summed E-state index contributed by atoms with van der Waals surface area (Å²) in [7, 11) is -1.74. The van der Waals surface area contributed by atoms with E-state index in [0.717, 1.165) is 26.1 Å². The van der Waals surface area contributed by atoms with Gasteiger partial charge in [-0.05, 0) is 49.9 Å². The maximum Gasteiger partial charge on any atom is 0.257 e. The Kier molecular flexibility index (Phi) is 8.62. The lowest BCUT2D eigenvalue weighted by Crippen LogP contribution is -2.54. The van der Waals surface area contributed by atoms with Crippen molar-refractivity contribution in [1.29, 1.82) is 0 Å². The Bertz CT molecular complexity index is 1320. The molecule has 40 heavy (non-hydrogen) atoms. The first kappa shape index (κ1) is 28.4. The number of benzene rings is 2. The van der Waals surface area contributed by atoms with Crippen LogP contribution in [0.25, 0.3) is 0 Å². The van der Waals surface area contributed by atoms with E-state index in [1.54, 1.807) is 31.0 Å². The summed E-state index contributed by atoms with van der Waals surface area (Å²) in [4.78, 5) is 30.3. The molecule has 2 N–H and O–H groups in total. The zero-order valence-corrected chi connectivity index (χ0v) is 23.9. The highest BCUT2D eigenvalue weighted by molar-refractivity contribution is 7.92. The number of amides is 2. The molecule has 10 nitrogen and oxygen atoms in total. The van der Waals surface area contributed by atoms with E-state index in [1.807, 2.05) is 18.2 Å². The molecule has 0 saturated carbocycles. The Balaban J connectivity index is 1.16. The third-order valence-corrected chi connectivity index (χ3v) is 9.27. The average Bonchev–Trinajstić information content (AvgIpc) is 3.37. The number of nitrogens with one attached hydrogen (secondary N) is 2. The van der Waals surface area contributed by atoms with Crippen molar-refractivity contribution in [2.75, 3.05) is 37.2 Å². The summed E-state index contributed by atoms with van der Waals surface area (Å²) in [6.45, 7) is 4.44. The van der Waals surface area contributed by atoms with Crippen LogP contribution in [0.5, 0.6) is 5.75 Å². The first-order valence-corrected chi connectivity index (χ1v) is 15.6. The van der Waals surface area contributed by atoms with Gasteiger partial charge in [0.1, 0.15) is 18.5 Å². The number of nitrogens with zero attached hydrogens (tertiary/aromatic N) is 2. The molecule has 4 atom stereocenters. The molecular weight excluding hydrogens is 532 g/mol. The summed E-state index contributed by atoms with van der Waals surface area (Å²) < 4.78 is 38.8. The number of anilines is 1. The number of likely N-dealkylation sites (N-methyl/N-ethyl adjacent to an activating group) is 1. The minimum atomic E-state index is -3.48. The van der Waals surface area contributed by atoms with Crippen molar-refractivity contribution in [3.63, 3.8) is 0 Å². The Labute approximate surface area is 236 Å². The fourth-order valence-corrected chi connectivity index (χ4v) is 6.40. The topological polar surface area (TPSA) is 117 Å². The highest BCUT2D eigenvalue weighted by Crippen LogP contribution is 2.32. The molecule has 3 heterocycles. The van der Waals surface area contributed by atoms with Crippen LogP contribution in [0.3, 0.4) is 0 Å². The van der Waals surface area contributed by atoms with Crippen LogP contribution in [0.4, 0.5) is 5.69 Å². The number of rotatable bonds is 8. The molecule has 2 aromatic carbocycles. The van der Waals surface area contributed by atoms with E-state index in [0.29, 0.717) is 29.8 Å². The van der Waals surface area contributed by atoms with Crippen LogP contribution in [-0.2, 0) is 26.1 Å². The van der Waals surface area contributed by atoms with Crippen LogP contribution < -0.4 is 14.8 Å². The smallest absolute Gasteiger partial charge is 0.257 e. The summed E-state index contributed by atoms with van der Waals surface area (Å²) in [5.74, 6) is 0.0312. The fraction of sp³-hybridized carbons (Fsp3) is 0.517. The Morgan fingerprint density at radius 3 is 2.67 bits per heavy atom. The van der Waals surface area contributed by atoms with E-state index in [2.05, 4.69) is 27.1 Å². The van der Waals surface area contributed by atoms with E-state index < -0.39 is 10.0 Å². The Hall–Kier alpha value is -3.15. The molecule has 0 aromatic heterocycles. The first-order valence-electron chi connectivity index (χ1n) is 14.0.